The van der Waals surface area contributed by atoms with Gasteiger partial charge in [-0.05, 0) is 19.8 Å². The predicted octanol–water partition coefficient (Wildman–Crippen LogP) is 4.80. The van der Waals surface area contributed by atoms with Gasteiger partial charge in [-0.15, -0.1) is 0 Å². The number of unbranched alkanes of at least 4 members (excludes halogenated alkanes) is 7. The van der Waals surface area contributed by atoms with Crippen molar-refractivity contribution in [3.8, 4) is 0 Å². The smallest absolute Gasteiger partial charge is 0.0508 e. The molecule has 86 valence electrons. The first-order valence-electron chi connectivity index (χ1n) is 6.07. The minimum atomic E-state index is -0.133. The zero-order valence-corrected chi connectivity index (χ0v) is 11.1. The Labute approximate surface area is 91.5 Å². The summed E-state index contributed by atoms with van der Waals surface area (Å²) in [4.78, 5) is 0. The third-order valence-electron chi connectivity index (χ3n) is 2.35. The molecule has 14 heavy (non-hydrogen) atoms. The van der Waals surface area contributed by atoms with Crippen molar-refractivity contribution in [2.24, 2.45) is 0 Å². The van der Waals surface area contributed by atoms with Crippen molar-refractivity contribution in [3.63, 3.8) is 0 Å². The first-order chi connectivity index (χ1) is 6.77. The van der Waals surface area contributed by atoms with Crippen molar-refractivity contribution in [1.29, 1.82) is 0 Å². The van der Waals surface area contributed by atoms with Crippen LogP contribution in [0.4, 0.5) is 0 Å². The standard InChI is InChI=1S/C12H27OP/c1-4-5-6-7-8-9-10-11-12-13-14(2)3/h4-12H2,1-3H3. The highest BCUT2D eigenvalue weighted by Crippen LogP contribution is 2.25. The highest BCUT2D eigenvalue weighted by molar-refractivity contribution is 7.50. The van der Waals surface area contributed by atoms with Gasteiger partial charge in [0.15, 0.2) is 0 Å². The van der Waals surface area contributed by atoms with Crippen molar-refractivity contribution in [3.05, 3.63) is 0 Å². The van der Waals surface area contributed by atoms with Gasteiger partial charge in [0.25, 0.3) is 0 Å². The molecule has 0 saturated carbocycles. The lowest BCUT2D eigenvalue weighted by Gasteiger charge is -2.06. The Bertz CT molecular complexity index is 104. The molecular weight excluding hydrogens is 191 g/mol. The van der Waals surface area contributed by atoms with E-state index in [0.29, 0.717) is 0 Å². The molecule has 0 spiro atoms. The van der Waals surface area contributed by atoms with E-state index in [-0.39, 0.29) is 8.15 Å². The summed E-state index contributed by atoms with van der Waals surface area (Å²) in [7, 11) is -0.133. The minimum Gasteiger partial charge on any atom is -0.360 e. The minimum absolute atomic E-state index is 0.133. The second-order valence-corrected chi connectivity index (χ2v) is 6.00. The Balaban J connectivity index is 2.85. The molecule has 0 aliphatic rings. The van der Waals surface area contributed by atoms with Crippen LogP contribution in [0.1, 0.15) is 58.3 Å². The Morgan fingerprint density at radius 1 is 0.786 bits per heavy atom. The van der Waals surface area contributed by atoms with Crippen LogP contribution in [0.15, 0.2) is 0 Å². The molecule has 2 heteroatoms. The van der Waals surface area contributed by atoms with Gasteiger partial charge in [-0.2, -0.15) is 0 Å². The summed E-state index contributed by atoms with van der Waals surface area (Å²) in [5.41, 5.74) is 0. The average Bonchev–Trinajstić information content (AvgIpc) is 2.15. The maximum absolute atomic E-state index is 5.55. The van der Waals surface area contributed by atoms with Gasteiger partial charge < -0.3 is 4.52 Å². The van der Waals surface area contributed by atoms with Crippen LogP contribution >= 0.6 is 8.15 Å². The summed E-state index contributed by atoms with van der Waals surface area (Å²) in [6.45, 7) is 7.58. The van der Waals surface area contributed by atoms with Crippen LogP contribution in [0.5, 0.6) is 0 Å². The molecule has 0 rings (SSSR count). The average molecular weight is 218 g/mol. The van der Waals surface area contributed by atoms with Gasteiger partial charge in [0, 0.05) is 8.15 Å². The molecule has 0 atom stereocenters. The second kappa shape index (κ2) is 11.5. The van der Waals surface area contributed by atoms with Gasteiger partial charge in [0.2, 0.25) is 0 Å². The summed E-state index contributed by atoms with van der Waals surface area (Å²) in [6.07, 6.45) is 11.1. The summed E-state index contributed by atoms with van der Waals surface area (Å²) in [5.74, 6) is 0. The summed E-state index contributed by atoms with van der Waals surface area (Å²) >= 11 is 0. The van der Waals surface area contributed by atoms with Crippen molar-refractivity contribution in [1.82, 2.24) is 0 Å². The zero-order valence-electron chi connectivity index (χ0n) is 10.2. The van der Waals surface area contributed by atoms with Gasteiger partial charge in [-0.3, -0.25) is 0 Å². The SMILES string of the molecule is CCCCCCCCCCOP(C)C. The van der Waals surface area contributed by atoms with Crippen LogP contribution in [-0.2, 0) is 4.52 Å². The predicted molar refractivity (Wildman–Crippen MR) is 67.3 cm³/mol. The topological polar surface area (TPSA) is 9.23 Å². The molecule has 0 saturated heterocycles. The van der Waals surface area contributed by atoms with Crippen LogP contribution < -0.4 is 0 Å². The van der Waals surface area contributed by atoms with Crippen LogP contribution in [0.2, 0.25) is 0 Å². The van der Waals surface area contributed by atoms with E-state index in [2.05, 4.69) is 20.3 Å². The highest BCUT2D eigenvalue weighted by atomic mass is 31.1. The van der Waals surface area contributed by atoms with Crippen molar-refractivity contribution < 1.29 is 4.52 Å². The quantitative estimate of drug-likeness (QED) is 0.378. The Hall–Kier alpha value is 0.390. The van der Waals surface area contributed by atoms with Crippen LogP contribution in [0, 0.1) is 0 Å². The van der Waals surface area contributed by atoms with E-state index in [0.717, 1.165) is 6.61 Å². The van der Waals surface area contributed by atoms with Crippen molar-refractivity contribution in [2.75, 3.05) is 19.9 Å². The molecular formula is C12H27OP. The molecule has 0 bridgehead atoms. The Morgan fingerprint density at radius 2 is 1.29 bits per heavy atom. The highest BCUT2D eigenvalue weighted by Gasteiger charge is 1.93. The van der Waals surface area contributed by atoms with E-state index in [4.69, 9.17) is 4.52 Å². The number of hydrogen-bond donors (Lipinski definition) is 0. The monoisotopic (exact) mass is 218 g/mol. The second-order valence-electron chi connectivity index (χ2n) is 4.12. The third kappa shape index (κ3) is 12.4. The molecule has 0 amide bonds. The third-order valence-corrected chi connectivity index (χ3v) is 3.05. The van der Waals surface area contributed by atoms with E-state index in [1.54, 1.807) is 0 Å². The fourth-order valence-corrected chi connectivity index (χ4v) is 1.98. The largest absolute Gasteiger partial charge is 0.360 e. The van der Waals surface area contributed by atoms with E-state index in [9.17, 15) is 0 Å². The lowest BCUT2D eigenvalue weighted by Crippen LogP contribution is -1.88. The van der Waals surface area contributed by atoms with E-state index >= 15 is 0 Å². The molecule has 0 aromatic carbocycles. The number of rotatable bonds is 10. The van der Waals surface area contributed by atoms with E-state index in [1.807, 2.05) is 0 Å². The van der Waals surface area contributed by atoms with E-state index in [1.165, 1.54) is 51.4 Å². The van der Waals surface area contributed by atoms with Gasteiger partial charge in [-0.1, -0.05) is 51.9 Å². The van der Waals surface area contributed by atoms with Gasteiger partial charge in [-0.25, -0.2) is 0 Å². The van der Waals surface area contributed by atoms with Gasteiger partial charge in [0.1, 0.15) is 0 Å². The molecule has 0 aliphatic carbocycles. The van der Waals surface area contributed by atoms with Crippen molar-refractivity contribution >= 4 is 8.15 Å². The first-order valence-corrected chi connectivity index (χ1v) is 8.23. The lowest BCUT2D eigenvalue weighted by molar-refractivity contribution is 0.339. The molecule has 0 heterocycles. The molecule has 0 fully saturated rings. The van der Waals surface area contributed by atoms with Gasteiger partial charge >= 0.3 is 0 Å². The maximum Gasteiger partial charge on any atom is 0.0508 e. The lowest BCUT2D eigenvalue weighted by atomic mass is 10.1. The van der Waals surface area contributed by atoms with E-state index < -0.39 is 0 Å². The molecule has 1 nitrogen and oxygen atoms in total. The van der Waals surface area contributed by atoms with Crippen LogP contribution in [-0.4, -0.2) is 19.9 Å². The normalized spacial score (nSPS) is 11.1. The fourth-order valence-electron chi connectivity index (χ4n) is 1.48. The summed E-state index contributed by atoms with van der Waals surface area (Å²) in [6, 6.07) is 0. The molecule has 0 aliphatic heterocycles. The van der Waals surface area contributed by atoms with Gasteiger partial charge in [0.05, 0.1) is 6.61 Å². The summed E-state index contributed by atoms with van der Waals surface area (Å²) < 4.78 is 5.55. The maximum atomic E-state index is 5.55. The molecule has 0 N–H and O–H groups in total. The molecule has 0 aromatic rings. The zero-order chi connectivity index (χ0) is 10.6. The summed E-state index contributed by atoms with van der Waals surface area (Å²) in [5, 5.41) is 0. The fraction of sp³-hybridized carbons (Fsp3) is 1.00. The Morgan fingerprint density at radius 3 is 1.79 bits per heavy atom. The molecule has 0 unspecified atom stereocenters. The molecule has 0 radical (unpaired) electrons. The first kappa shape index (κ1) is 14.4. The molecule has 0 aromatic heterocycles. The van der Waals surface area contributed by atoms with Crippen LogP contribution in [0.3, 0.4) is 0 Å². The van der Waals surface area contributed by atoms with Crippen LogP contribution in [0.25, 0.3) is 0 Å². The Kier molecular flexibility index (Phi) is 11.8. The van der Waals surface area contributed by atoms with Crippen molar-refractivity contribution in [2.45, 2.75) is 58.3 Å². The number of hydrogen-bond acceptors (Lipinski definition) is 1.